The number of nitrogens with zero attached hydrogens (tertiary/aromatic N) is 1. The van der Waals surface area contributed by atoms with E-state index in [1.54, 1.807) is 0 Å². The third-order valence-corrected chi connectivity index (χ3v) is 9.16. The van der Waals surface area contributed by atoms with Gasteiger partial charge in [-0.15, -0.1) is 0 Å². The van der Waals surface area contributed by atoms with Gasteiger partial charge in [0.1, 0.15) is 0 Å². The lowest BCUT2D eigenvalue weighted by Crippen LogP contribution is -2.26. The molecule has 5 aromatic carbocycles. The van der Waals surface area contributed by atoms with E-state index in [2.05, 4.69) is 135 Å². The minimum atomic E-state index is -0.0986. The summed E-state index contributed by atoms with van der Waals surface area (Å²) >= 11 is 0. The second-order valence-electron chi connectivity index (χ2n) is 11.8. The number of aromatic nitrogens is 1. The van der Waals surface area contributed by atoms with Crippen molar-refractivity contribution in [3.05, 3.63) is 125 Å². The van der Waals surface area contributed by atoms with Crippen LogP contribution >= 0.6 is 0 Å². The van der Waals surface area contributed by atoms with E-state index in [0.717, 1.165) is 0 Å². The molecule has 39 heavy (non-hydrogen) atoms. The molecule has 0 atom stereocenters. The zero-order valence-electron chi connectivity index (χ0n) is 23.8. The van der Waals surface area contributed by atoms with Crippen LogP contribution in [0.25, 0.3) is 49.7 Å². The van der Waals surface area contributed by atoms with Crippen molar-refractivity contribution in [3.8, 4) is 27.9 Å². The standard InChI is InChI=1S/C36H29N.C2H6/c1-35(2)28-15-9-8-14-24(28)25-20-26-27-18-23(22-12-6-5-7-13-22)19-31-34(27)37(33(26)21-30(25)35)32-17-11-10-16-29(32)36(31,3)4;1-2/h5-21H,1-4H3;1-2H3. The topological polar surface area (TPSA) is 4.93 Å². The molecule has 0 saturated carbocycles. The molecule has 2 heterocycles. The van der Waals surface area contributed by atoms with Crippen molar-refractivity contribution in [2.45, 2.75) is 52.4 Å². The van der Waals surface area contributed by atoms with Gasteiger partial charge in [-0.25, -0.2) is 0 Å². The van der Waals surface area contributed by atoms with Crippen LogP contribution in [-0.2, 0) is 10.8 Å². The molecule has 1 nitrogen and oxygen atoms in total. The third-order valence-electron chi connectivity index (χ3n) is 9.16. The summed E-state index contributed by atoms with van der Waals surface area (Å²) in [6.07, 6.45) is 0. The minimum absolute atomic E-state index is 0.0255. The van der Waals surface area contributed by atoms with Crippen LogP contribution in [0.3, 0.4) is 0 Å². The highest BCUT2D eigenvalue weighted by atomic mass is 15.0. The maximum atomic E-state index is 2.55. The zero-order valence-corrected chi connectivity index (χ0v) is 23.8. The van der Waals surface area contributed by atoms with Crippen LogP contribution in [0.15, 0.2) is 103 Å². The van der Waals surface area contributed by atoms with Crippen molar-refractivity contribution in [1.82, 2.24) is 4.57 Å². The van der Waals surface area contributed by atoms with E-state index in [9.17, 15) is 0 Å². The summed E-state index contributed by atoms with van der Waals surface area (Å²) in [5, 5.41) is 2.69. The summed E-state index contributed by atoms with van der Waals surface area (Å²) in [5.41, 5.74) is 14.8. The smallest absolute Gasteiger partial charge is 0.0582 e. The van der Waals surface area contributed by atoms with Crippen LogP contribution in [0.1, 0.15) is 63.8 Å². The molecule has 0 saturated heterocycles. The lowest BCUT2D eigenvalue weighted by molar-refractivity contribution is 0.630. The minimum Gasteiger partial charge on any atom is -0.309 e. The molecular weight excluding hydrogens is 470 g/mol. The summed E-state index contributed by atoms with van der Waals surface area (Å²) in [4.78, 5) is 0. The van der Waals surface area contributed by atoms with Crippen molar-refractivity contribution < 1.29 is 0 Å². The van der Waals surface area contributed by atoms with E-state index in [4.69, 9.17) is 0 Å². The number of benzene rings is 5. The summed E-state index contributed by atoms with van der Waals surface area (Å²) in [6, 6.07) is 38.6. The van der Waals surface area contributed by atoms with E-state index < -0.39 is 0 Å². The SMILES string of the molecule is CC.CC1(C)c2ccccc2-c2cc3c4cc(-c5ccccc5)cc5c4n(c3cc21)-c1ccccc1C5(C)C. The molecule has 0 unspecified atom stereocenters. The van der Waals surface area contributed by atoms with Crippen LogP contribution in [-0.4, -0.2) is 4.57 Å². The second-order valence-corrected chi connectivity index (χ2v) is 11.8. The Morgan fingerprint density at radius 2 is 1.13 bits per heavy atom. The molecule has 8 rings (SSSR count). The fourth-order valence-corrected chi connectivity index (χ4v) is 7.20. The van der Waals surface area contributed by atoms with E-state index >= 15 is 0 Å². The molecule has 0 amide bonds. The molecule has 0 bridgehead atoms. The molecule has 2 aliphatic rings. The molecule has 1 aliphatic carbocycles. The number of hydrogen-bond donors (Lipinski definition) is 0. The maximum absolute atomic E-state index is 2.55. The van der Waals surface area contributed by atoms with Crippen molar-refractivity contribution in [2.24, 2.45) is 0 Å². The zero-order chi connectivity index (χ0) is 27.1. The molecule has 0 N–H and O–H groups in total. The second kappa shape index (κ2) is 8.20. The summed E-state index contributed by atoms with van der Waals surface area (Å²) in [7, 11) is 0. The molecule has 1 aromatic heterocycles. The highest BCUT2D eigenvalue weighted by Gasteiger charge is 2.39. The van der Waals surface area contributed by atoms with Crippen molar-refractivity contribution in [3.63, 3.8) is 0 Å². The summed E-state index contributed by atoms with van der Waals surface area (Å²) in [5.74, 6) is 0. The van der Waals surface area contributed by atoms with Gasteiger partial charge in [-0.3, -0.25) is 0 Å². The van der Waals surface area contributed by atoms with Gasteiger partial charge in [-0.2, -0.15) is 0 Å². The fourth-order valence-electron chi connectivity index (χ4n) is 7.20. The quantitative estimate of drug-likeness (QED) is 0.209. The summed E-state index contributed by atoms with van der Waals surface area (Å²) in [6.45, 7) is 13.5. The van der Waals surface area contributed by atoms with Crippen LogP contribution in [0, 0.1) is 0 Å². The summed E-state index contributed by atoms with van der Waals surface area (Å²) < 4.78 is 2.55. The largest absolute Gasteiger partial charge is 0.309 e. The van der Waals surface area contributed by atoms with Gasteiger partial charge in [0.2, 0.25) is 0 Å². The Kier molecular flexibility index (Phi) is 5.04. The van der Waals surface area contributed by atoms with Crippen LogP contribution in [0.5, 0.6) is 0 Å². The monoisotopic (exact) mass is 505 g/mol. The Bertz CT molecular complexity index is 1910. The molecule has 6 aromatic rings. The Labute approximate surface area is 231 Å². The highest BCUT2D eigenvalue weighted by Crippen LogP contribution is 2.53. The van der Waals surface area contributed by atoms with Gasteiger partial charge in [0.25, 0.3) is 0 Å². The first kappa shape index (κ1) is 24.0. The molecular formula is C38H35N. The fraction of sp³-hybridized carbons (Fsp3) is 0.211. The Hall–Kier alpha value is -4.10. The predicted molar refractivity (Wildman–Crippen MR) is 167 cm³/mol. The number of para-hydroxylation sites is 1. The number of hydrogen-bond acceptors (Lipinski definition) is 0. The van der Waals surface area contributed by atoms with Gasteiger partial charge >= 0.3 is 0 Å². The van der Waals surface area contributed by atoms with E-state index in [0.29, 0.717) is 0 Å². The molecule has 0 spiro atoms. The maximum Gasteiger partial charge on any atom is 0.0582 e. The Balaban J connectivity index is 0.00000124. The number of rotatable bonds is 1. The van der Waals surface area contributed by atoms with E-state index in [1.165, 1.54) is 72.0 Å². The molecule has 192 valence electrons. The average Bonchev–Trinajstić information content (AvgIpc) is 3.41. The molecule has 1 heteroatoms. The van der Waals surface area contributed by atoms with Gasteiger partial charge in [0, 0.05) is 21.6 Å². The number of fused-ring (bicyclic) bond motifs is 8. The van der Waals surface area contributed by atoms with Gasteiger partial charge < -0.3 is 4.57 Å². The first-order chi connectivity index (χ1) is 18.9. The van der Waals surface area contributed by atoms with Crippen molar-refractivity contribution >= 4 is 21.8 Å². The highest BCUT2D eigenvalue weighted by molar-refractivity contribution is 6.14. The lowest BCUT2D eigenvalue weighted by atomic mass is 9.74. The first-order valence-electron chi connectivity index (χ1n) is 14.3. The molecule has 0 fully saturated rings. The lowest BCUT2D eigenvalue weighted by Gasteiger charge is -2.35. The van der Waals surface area contributed by atoms with Crippen molar-refractivity contribution in [1.29, 1.82) is 0 Å². The molecule has 0 radical (unpaired) electrons. The predicted octanol–water partition coefficient (Wildman–Crippen LogP) is 10.4. The van der Waals surface area contributed by atoms with Crippen molar-refractivity contribution in [2.75, 3.05) is 0 Å². The van der Waals surface area contributed by atoms with Gasteiger partial charge in [0.15, 0.2) is 0 Å². The van der Waals surface area contributed by atoms with Crippen LogP contribution < -0.4 is 0 Å². The van der Waals surface area contributed by atoms with Gasteiger partial charge in [0.05, 0.1) is 16.7 Å². The Morgan fingerprint density at radius 1 is 0.487 bits per heavy atom. The normalized spacial score (nSPS) is 15.3. The van der Waals surface area contributed by atoms with Crippen LogP contribution in [0.2, 0.25) is 0 Å². The Morgan fingerprint density at radius 3 is 1.90 bits per heavy atom. The third kappa shape index (κ3) is 3.08. The average molecular weight is 506 g/mol. The first-order valence-corrected chi connectivity index (χ1v) is 14.3. The van der Waals surface area contributed by atoms with Crippen LogP contribution in [0.4, 0.5) is 0 Å². The van der Waals surface area contributed by atoms with E-state index in [1.807, 2.05) is 13.8 Å². The van der Waals surface area contributed by atoms with Gasteiger partial charge in [-0.1, -0.05) is 114 Å². The van der Waals surface area contributed by atoms with Gasteiger partial charge in [-0.05, 0) is 74.8 Å². The molecule has 1 aliphatic heterocycles. The van der Waals surface area contributed by atoms with E-state index in [-0.39, 0.29) is 10.8 Å².